The molecule has 0 unspecified atom stereocenters. The molecule has 0 radical (unpaired) electrons. The van der Waals surface area contributed by atoms with Gasteiger partial charge in [-0.15, -0.1) is 12.1 Å². The average molecular weight is 792 g/mol. The molecule has 6 heterocycles. The second-order valence-electron chi connectivity index (χ2n) is 12.1. The van der Waals surface area contributed by atoms with Crippen LogP contribution >= 0.6 is 0 Å². The van der Waals surface area contributed by atoms with Crippen molar-refractivity contribution >= 4 is 54.9 Å². The molecule has 9 rings (SSSR count). The van der Waals surface area contributed by atoms with E-state index in [9.17, 15) is 0 Å². The van der Waals surface area contributed by atoms with Crippen LogP contribution in [0.4, 0.5) is 0 Å². The van der Waals surface area contributed by atoms with Crippen molar-refractivity contribution in [2.75, 3.05) is 0 Å². The molecule has 0 N–H and O–H groups in total. The molecule has 3 aromatic carbocycles. The monoisotopic (exact) mass is 791 g/mol. The van der Waals surface area contributed by atoms with Crippen molar-refractivity contribution in [3.05, 3.63) is 119 Å². The Morgan fingerprint density at radius 1 is 0.681 bits per heavy atom. The third kappa shape index (κ3) is 4.37. The van der Waals surface area contributed by atoms with Gasteiger partial charge in [-0.05, 0) is 69.3 Å². The first-order valence-corrected chi connectivity index (χ1v) is 15.3. The number of hydrogen-bond acceptors (Lipinski definition) is 5. The molecular weight excluding hydrogens is 764 g/mol. The van der Waals surface area contributed by atoms with Crippen LogP contribution in [0.15, 0.2) is 79.3 Å². The number of aromatic nitrogens is 6. The molecule has 8 heteroatoms. The zero-order valence-corrected chi connectivity index (χ0v) is 28.7. The van der Waals surface area contributed by atoms with E-state index in [4.69, 9.17) is 24.7 Å². The van der Waals surface area contributed by atoms with Gasteiger partial charge in [0.15, 0.2) is 0 Å². The molecule has 9 aromatic rings. The van der Waals surface area contributed by atoms with E-state index < -0.39 is 0 Å². The summed E-state index contributed by atoms with van der Waals surface area (Å²) < 4.78 is 10.7. The second-order valence-corrected chi connectivity index (χ2v) is 12.1. The fraction of sp³-hybridized carbons (Fsp3) is 0.128. The van der Waals surface area contributed by atoms with Gasteiger partial charge in [0.1, 0.15) is 5.65 Å². The molecule has 0 aliphatic heterocycles. The van der Waals surface area contributed by atoms with E-state index in [2.05, 4.69) is 85.2 Å². The minimum Gasteiger partial charge on any atom is -0.497 e. The molecule has 0 fully saturated rings. The number of pyridine rings is 4. The third-order valence-corrected chi connectivity index (χ3v) is 9.08. The summed E-state index contributed by atoms with van der Waals surface area (Å²) in [5.41, 5.74) is 12.1. The number of fused-ring (bicyclic) bond motifs is 12. The Kier molecular flexibility index (Phi) is 6.67. The molecule has 7 nitrogen and oxygen atoms in total. The Morgan fingerprint density at radius 3 is 2.13 bits per heavy atom. The minimum atomic E-state index is 0. The number of nitrogens with zero attached hydrogens (tertiary/aromatic N) is 6. The molecule has 47 heavy (non-hydrogen) atoms. The fourth-order valence-electron chi connectivity index (χ4n) is 7.04. The largest absolute Gasteiger partial charge is 2.00 e. The molecule has 0 saturated carbocycles. The molecule has 0 atom stereocenters. The van der Waals surface area contributed by atoms with Crippen molar-refractivity contribution in [1.82, 2.24) is 28.7 Å². The predicted molar refractivity (Wildman–Crippen MR) is 183 cm³/mol. The van der Waals surface area contributed by atoms with E-state index in [1.165, 1.54) is 16.7 Å². The van der Waals surface area contributed by atoms with E-state index in [0.717, 1.165) is 77.6 Å². The summed E-state index contributed by atoms with van der Waals surface area (Å²) in [6.07, 6.45) is 5.74. The smallest absolute Gasteiger partial charge is 0.497 e. The molecule has 0 spiro atoms. The summed E-state index contributed by atoms with van der Waals surface area (Å²) in [7, 11) is 0. The van der Waals surface area contributed by atoms with Crippen molar-refractivity contribution in [2.45, 2.75) is 34.6 Å². The standard InChI is InChI=1S/C39H28N6O.Pt/c1-21-16-22(2)35(23(3)17-21)33-20-44-37-30(8-6-15-41-37)28-12-10-26(18-31(28)38(44)43-33)46-27-11-13-29-32(19-27)39-42-24(4)25(5)45(39)34-9-7-14-40-36(29)34;/h6-17,20H,1-5H3;/q-2;+2. The topological polar surface area (TPSA) is 69.6 Å². The summed E-state index contributed by atoms with van der Waals surface area (Å²) in [4.78, 5) is 19.6. The zero-order chi connectivity index (χ0) is 31.3. The average Bonchev–Trinajstić information content (AvgIpc) is 3.62. The molecule has 0 saturated heterocycles. The molecule has 0 aliphatic carbocycles. The van der Waals surface area contributed by atoms with Gasteiger partial charge in [-0.25, -0.2) is 4.98 Å². The van der Waals surface area contributed by atoms with Crippen LogP contribution in [0.25, 0.3) is 66.2 Å². The minimum absolute atomic E-state index is 0. The van der Waals surface area contributed by atoms with Crippen molar-refractivity contribution < 1.29 is 25.8 Å². The van der Waals surface area contributed by atoms with Gasteiger partial charge in [0.25, 0.3) is 0 Å². The Morgan fingerprint density at radius 2 is 1.36 bits per heavy atom. The van der Waals surface area contributed by atoms with Crippen LogP contribution in [-0.4, -0.2) is 28.7 Å². The van der Waals surface area contributed by atoms with Gasteiger partial charge < -0.3 is 13.5 Å². The quantitative estimate of drug-likeness (QED) is 0.132. The third-order valence-electron chi connectivity index (χ3n) is 9.08. The van der Waals surface area contributed by atoms with Crippen LogP contribution in [0.3, 0.4) is 0 Å². The number of imidazole rings is 2. The van der Waals surface area contributed by atoms with Crippen molar-refractivity contribution in [2.24, 2.45) is 0 Å². The summed E-state index contributed by atoms with van der Waals surface area (Å²) in [5.74, 6) is 1.15. The summed E-state index contributed by atoms with van der Waals surface area (Å²) in [6, 6.07) is 27.6. The fourth-order valence-corrected chi connectivity index (χ4v) is 7.04. The Labute approximate surface area is 285 Å². The van der Waals surface area contributed by atoms with Crippen LogP contribution in [-0.2, 0) is 21.1 Å². The Balaban J connectivity index is 0.00000324. The van der Waals surface area contributed by atoms with Crippen LogP contribution in [0.2, 0.25) is 0 Å². The van der Waals surface area contributed by atoms with Gasteiger partial charge in [-0.1, -0.05) is 69.6 Å². The van der Waals surface area contributed by atoms with Gasteiger partial charge in [0.2, 0.25) is 0 Å². The van der Waals surface area contributed by atoms with Gasteiger partial charge in [-0.2, -0.15) is 0 Å². The van der Waals surface area contributed by atoms with Crippen LogP contribution in [0.5, 0.6) is 11.5 Å². The molecule has 0 aliphatic rings. The van der Waals surface area contributed by atoms with Crippen molar-refractivity contribution in [3.63, 3.8) is 0 Å². The van der Waals surface area contributed by atoms with E-state index in [1.807, 2.05) is 49.6 Å². The molecule has 0 bridgehead atoms. The second kappa shape index (κ2) is 10.7. The number of hydrogen-bond donors (Lipinski definition) is 0. The number of ether oxygens (including phenoxy) is 1. The SMILES string of the molecule is Cc1cc(C)c(-c2cn3c(n2)c2[c-]c(Oc4[c-]c5c(cc4)c4ncccc4n4c(C)c(C)nc54)ccc2c2cccnc23)c(C)c1.[Pt+2]. The first kappa shape index (κ1) is 29.3. The van der Waals surface area contributed by atoms with Gasteiger partial charge in [-0.3, -0.25) is 15.0 Å². The molecule has 0 amide bonds. The number of rotatable bonds is 3. The van der Waals surface area contributed by atoms with E-state index >= 15 is 0 Å². The van der Waals surface area contributed by atoms with E-state index in [1.54, 1.807) is 0 Å². The summed E-state index contributed by atoms with van der Waals surface area (Å²) in [5, 5.41) is 4.75. The number of benzene rings is 3. The van der Waals surface area contributed by atoms with Gasteiger partial charge >= 0.3 is 21.1 Å². The maximum absolute atomic E-state index is 6.48. The first-order chi connectivity index (χ1) is 22.4. The maximum atomic E-state index is 6.48. The van der Waals surface area contributed by atoms with Gasteiger partial charge in [0, 0.05) is 47.0 Å². The molecule has 6 aromatic heterocycles. The van der Waals surface area contributed by atoms with E-state index in [-0.39, 0.29) is 21.1 Å². The maximum Gasteiger partial charge on any atom is 2.00 e. The van der Waals surface area contributed by atoms with Crippen molar-refractivity contribution in [3.8, 4) is 22.8 Å². The zero-order valence-electron chi connectivity index (χ0n) is 26.4. The summed E-state index contributed by atoms with van der Waals surface area (Å²) >= 11 is 0. The van der Waals surface area contributed by atoms with E-state index in [0.29, 0.717) is 11.5 Å². The van der Waals surface area contributed by atoms with Crippen LogP contribution in [0.1, 0.15) is 28.1 Å². The summed E-state index contributed by atoms with van der Waals surface area (Å²) in [6.45, 7) is 10.5. The van der Waals surface area contributed by atoms with Crippen LogP contribution in [0, 0.1) is 46.8 Å². The predicted octanol–water partition coefficient (Wildman–Crippen LogP) is 8.98. The number of aryl methyl sites for hydroxylation is 5. The Bertz CT molecular complexity index is 2720. The normalized spacial score (nSPS) is 11.8. The first-order valence-electron chi connectivity index (χ1n) is 15.3. The molecular formula is C39H28N6OPt. The van der Waals surface area contributed by atoms with Crippen LogP contribution < -0.4 is 4.74 Å². The molecule has 230 valence electrons. The van der Waals surface area contributed by atoms with Crippen molar-refractivity contribution in [1.29, 1.82) is 0 Å². The van der Waals surface area contributed by atoms with Gasteiger partial charge in [0.05, 0.1) is 28.0 Å². The Hall–Kier alpha value is -5.13.